The summed E-state index contributed by atoms with van der Waals surface area (Å²) in [5.74, 6) is -1.61. The molecule has 7 nitrogen and oxygen atoms in total. The van der Waals surface area contributed by atoms with Crippen LogP contribution in [-0.2, 0) is 30.8 Å². The zero-order valence-corrected chi connectivity index (χ0v) is 17.2. The first-order chi connectivity index (χ1) is 13.8. The molecule has 1 aromatic carbocycles. The van der Waals surface area contributed by atoms with Crippen molar-refractivity contribution >= 4 is 38.9 Å². The predicted octanol–water partition coefficient (Wildman–Crippen LogP) is 2.79. The lowest BCUT2D eigenvalue weighted by atomic mass is 10.2. The molecule has 156 valence electrons. The summed E-state index contributed by atoms with van der Waals surface area (Å²) in [6.45, 7) is 0.544. The van der Waals surface area contributed by atoms with Gasteiger partial charge in [0.15, 0.2) is 6.61 Å². The Labute approximate surface area is 172 Å². The van der Waals surface area contributed by atoms with Crippen LogP contribution in [0.25, 0.3) is 0 Å². The van der Waals surface area contributed by atoms with E-state index in [2.05, 4.69) is 5.32 Å². The molecule has 1 aliphatic rings. The number of sulfonamides is 1. The number of nitrogens with zero attached hydrogens (tertiary/aromatic N) is 1. The first-order valence-electron chi connectivity index (χ1n) is 9.14. The molecular weight excluding hydrogens is 419 g/mol. The average molecular weight is 441 g/mol. The van der Waals surface area contributed by atoms with Gasteiger partial charge in [0.1, 0.15) is 10.0 Å². The van der Waals surface area contributed by atoms with Gasteiger partial charge in [0.2, 0.25) is 0 Å². The molecule has 2 aromatic rings. The normalized spacial score (nSPS) is 15.1. The summed E-state index contributed by atoms with van der Waals surface area (Å²) in [5.41, 5.74) is 0.387. The Bertz CT molecular complexity index is 967. The van der Waals surface area contributed by atoms with E-state index in [9.17, 15) is 22.4 Å². The highest BCUT2D eigenvalue weighted by Crippen LogP contribution is 2.27. The average Bonchev–Trinajstić information content (AvgIpc) is 3.18. The molecule has 0 saturated carbocycles. The van der Waals surface area contributed by atoms with E-state index in [1.807, 2.05) is 0 Å². The zero-order valence-electron chi connectivity index (χ0n) is 15.6. The van der Waals surface area contributed by atoms with E-state index in [0.717, 1.165) is 30.6 Å². The predicted molar refractivity (Wildman–Crippen MR) is 107 cm³/mol. The van der Waals surface area contributed by atoms with E-state index in [-0.39, 0.29) is 10.6 Å². The molecule has 0 aliphatic carbocycles. The topological polar surface area (TPSA) is 92.8 Å². The summed E-state index contributed by atoms with van der Waals surface area (Å²) in [6, 6.07) is 8.28. The number of hydrogen-bond acceptors (Lipinski definition) is 6. The third kappa shape index (κ3) is 5.84. The molecule has 1 aliphatic heterocycles. The minimum absolute atomic E-state index is 0.121. The SMILES string of the molecule is O=C(COC(=O)Cc1ccc(S(=O)(=O)N2CCCCC2)s1)Nc1ccc(F)cc1. The summed E-state index contributed by atoms with van der Waals surface area (Å²) < 4.78 is 44.7. The molecule has 10 heteroatoms. The van der Waals surface area contributed by atoms with Crippen LogP contribution in [0.4, 0.5) is 10.1 Å². The summed E-state index contributed by atoms with van der Waals surface area (Å²) in [5, 5.41) is 2.48. The van der Waals surface area contributed by atoms with Gasteiger partial charge in [0.25, 0.3) is 15.9 Å². The van der Waals surface area contributed by atoms with E-state index in [1.165, 1.54) is 34.6 Å². The minimum Gasteiger partial charge on any atom is -0.455 e. The molecule has 0 spiro atoms. The highest BCUT2D eigenvalue weighted by Gasteiger charge is 2.27. The lowest BCUT2D eigenvalue weighted by Crippen LogP contribution is -2.35. The Morgan fingerprint density at radius 2 is 1.76 bits per heavy atom. The number of amides is 1. The largest absolute Gasteiger partial charge is 0.455 e. The van der Waals surface area contributed by atoms with Crippen LogP contribution < -0.4 is 5.32 Å². The molecule has 2 heterocycles. The van der Waals surface area contributed by atoms with Gasteiger partial charge in [-0.15, -0.1) is 11.3 Å². The van der Waals surface area contributed by atoms with Crippen molar-refractivity contribution in [2.24, 2.45) is 0 Å². The molecule has 3 rings (SSSR count). The van der Waals surface area contributed by atoms with Crippen molar-refractivity contribution in [3.05, 3.63) is 47.1 Å². The fraction of sp³-hybridized carbons (Fsp3) is 0.368. The van der Waals surface area contributed by atoms with Gasteiger partial charge in [-0.05, 0) is 49.2 Å². The second-order valence-corrected chi connectivity index (χ2v) is 9.91. The van der Waals surface area contributed by atoms with Crippen LogP contribution >= 0.6 is 11.3 Å². The minimum atomic E-state index is -3.53. The third-order valence-electron chi connectivity index (χ3n) is 4.36. The molecule has 1 fully saturated rings. The summed E-state index contributed by atoms with van der Waals surface area (Å²) in [6.07, 6.45) is 2.61. The van der Waals surface area contributed by atoms with Gasteiger partial charge in [0.05, 0.1) is 6.42 Å². The number of ether oxygens (including phenoxy) is 1. The van der Waals surface area contributed by atoms with Crippen molar-refractivity contribution in [3.63, 3.8) is 0 Å². The highest BCUT2D eigenvalue weighted by atomic mass is 32.2. The number of carbonyl (C=O) groups is 2. The van der Waals surface area contributed by atoms with Crippen molar-refractivity contribution < 1.29 is 27.1 Å². The molecule has 0 bridgehead atoms. The van der Waals surface area contributed by atoms with E-state index < -0.39 is 34.3 Å². The van der Waals surface area contributed by atoms with Gasteiger partial charge in [-0.2, -0.15) is 4.31 Å². The molecule has 0 atom stereocenters. The second-order valence-electron chi connectivity index (χ2n) is 6.58. The summed E-state index contributed by atoms with van der Waals surface area (Å²) >= 11 is 1.03. The number of anilines is 1. The molecule has 29 heavy (non-hydrogen) atoms. The van der Waals surface area contributed by atoms with Crippen LogP contribution in [0.3, 0.4) is 0 Å². The number of thiophene rings is 1. The van der Waals surface area contributed by atoms with Crippen molar-refractivity contribution in [3.8, 4) is 0 Å². The fourth-order valence-corrected chi connectivity index (χ4v) is 5.91. The molecule has 1 amide bonds. The molecule has 1 aromatic heterocycles. The van der Waals surface area contributed by atoms with E-state index in [1.54, 1.807) is 6.07 Å². The van der Waals surface area contributed by atoms with Gasteiger partial charge in [0, 0.05) is 23.7 Å². The zero-order chi connectivity index (χ0) is 20.9. The quantitative estimate of drug-likeness (QED) is 0.669. The van der Waals surface area contributed by atoms with Crippen LogP contribution in [0.2, 0.25) is 0 Å². The monoisotopic (exact) mass is 440 g/mol. The second kappa shape index (κ2) is 9.47. The summed E-state index contributed by atoms with van der Waals surface area (Å²) in [7, 11) is -3.53. The maximum absolute atomic E-state index is 12.8. The van der Waals surface area contributed by atoms with Gasteiger partial charge < -0.3 is 10.1 Å². The molecule has 1 saturated heterocycles. The molecule has 0 unspecified atom stereocenters. The Hall–Kier alpha value is -2.30. The smallest absolute Gasteiger partial charge is 0.311 e. The Balaban J connectivity index is 1.49. The maximum Gasteiger partial charge on any atom is 0.311 e. The maximum atomic E-state index is 12.8. The number of rotatable bonds is 7. The first kappa shape index (κ1) is 21.4. The van der Waals surface area contributed by atoms with E-state index in [4.69, 9.17) is 4.74 Å². The number of nitrogens with one attached hydrogen (secondary N) is 1. The Morgan fingerprint density at radius 1 is 1.07 bits per heavy atom. The number of carbonyl (C=O) groups excluding carboxylic acids is 2. The van der Waals surface area contributed by atoms with Crippen LogP contribution in [0.1, 0.15) is 24.1 Å². The van der Waals surface area contributed by atoms with Crippen molar-refractivity contribution in [2.75, 3.05) is 25.0 Å². The van der Waals surface area contributed by atoms with Crippen LogP contribution in [0.15, 0.2) is 40.6 Å². The van der Waals surface area contributed by atoms with Crippen molar-refractivity contribution in [2.45, 2.75) is 29.9 Å². The number of esters is 1. The lowest BCUT2D eigenvalue weighted by molar-refractivity contribution is -0.146. The molecule has 0 radical (unpaired) electrons. The lowest BCUT2D eigenvalue weighted by Gasteiger charge is -2.25. The van der Waals surface area contributed by atoms with Gasteiger partial charge >= 0.3 is 5.97 Å². The summed E-state index contributed by atoms with van der Waals surface area (Å²) in [4.78, 5) is 24.3. The van der Waals surface area contributed by atoms with E-state index in [0.29, 0.717) is 23.7 Å². The van der Waals surface area contributed by atoms with E-state index >= 15 is 0 Å². The third-order valence-corrected chi connectivity index (χ3v) is 7.81. The standard InChI is InChI=1S/C19H21FN2O5S2/c20-14-4-6-15(7-5-14)21-17(23)13-27-18(24)12-16-8-9-19(28-16)29(25,26)22-10-2-1-3-11-22/h4-9H,1-3,10-13H2,(H,21,23). The Morgan fingerprint density at radius 3 is 2.45 bits per heavy atom. The number of halogens is 1. The molecule has 1 N–H and O–H groups in total. The number of benzene rings is 1. The molecular formula is C19H21FN2O5S2. The number of piperidine rings is 1. The Kier molecular flexibility index (Phi) is 6.99. The van der Waals surface area contributed by atoms with Crippen molar-refractivity contribution in [1.29, 1.82) is 0 Å². The first-order valence-corrected chi connectivity index (χ1v) is 11.4. The van der Waals surface area contributed by atoms with Crippen LogP contribution in [0.5, 0.6) is 0 Å². The van der Waals surface area contributed by atoms with Gasteiger partial charge in [-0.1, -0.05) is 6.42 Å². The number of hydrogen-bond donors (Lipinski definition) is 1. The van der Waals surface area contributed by atoms with Crippen LogP contribution in [-0.4, -0.2) is 44.3 Å². The highest BCUT2D eigenvalue weighted by molar-refractivity contribution is 7.91. The van der Waals surface area contributed by atoms with Gasteiger partial charge in [-0.25, -0.2) is 12.8 Å². The fourth-order valence-electron chi connectivity index (χ4n) is 2.89. The van der Waals surface area contributed by atoms with Crippen LogP contribution in [0, 0.1) is 5.82 Å². The van der Waals surface area contributed by atoms with Gasteiger partial charge in [-0.3, -0.25) is 9.59 Å². The van der Waals surface area contributed by atoms with Crippen molar-refractivity contribution in [1.82, 2.24) is 4.31 Å².